The van der Waals surface area contributed by atoms with Crippen molar-refractivity contribution in [3.63, 3.8) is 0 Å². The van der Waals surface area contributed by atoms with E-state index in [2.05, 4.69) is 10.6 Å². The van der Waals surface area contributed by atoms with Gasteiger partial charge in [-0.15, -0.1) is 0 Å². The number of hydrogen-bond acceptors (Lipinski definition) is 4. The highest BCUT2D eigenvalue weighted by Gasteiger charge is 2.17. The monoisotopic (exact) mass is 352 g/mol. The van der Waals surface area contributed by atoms with E-state index in [4.69, 9.17) is 16.3 Å². The Bertz CT molecular complexity index is 627. The van der Waals surface area contributed by atoms with Crippen LogP contribution in [0.3, 0.4) is 0 Å². The first-order chi connectivity index (χ1) is 11.5. The Labute approximate surface area is 145 Å². The molecule has 1 fully saturated rings. The van der Waals surface area contributed by atoms with Crippen LogP contribution in [0.2, 0.25) is 5.02 Å². The van der Waals surface area contributed by atoms with Crippen molar-refractivity contribution in [2.24, 2.45) is 0 Å². The molecule has 0 atom stereocenters. The van der Waals surface area contributed by atoms with Crippen LogP contribution in [-0.4, -0.2) is 30.4 Å². The quantitative estimate of drug-likeness (QED) is 0.797. The average molecular weight is 353 g/mol. The van der Waals surface area contributed by atoms with Crippen LogP contribution in [0.4, 0.5) is 4.79 Å². The highest BCUT2D eigenvalue weighted by atomic mass is 35.5. The van der Waals surface area contributed by atoms with Gasteiger partial charge in [-0.05, 0) is 38.0 Å². The first-order valence-electron chi connectivity index (χ1n) is 7.99. The smallest absolute Gasteiger partial charge is 0.321 e. The summed E-state index contributed by atoms with van der Waals surface area (Å²) in [5, 5.41) is 5.43. The molecule has 2 rings (SSSR count). The Morgan fingerprint density at radius 1 is 1.21 bits per heavy atom. The largest absolute Gasteiger partial charge is 0.483 e. The van der Waals surface area contributed by atoms with Crippen molar-refractivity contribution >= 4 is 29.3 Å². The maximum Gasteiger partial charge on any atom is 0.321 e. The molecule has 0 spiro atoms. The molecule has 1 saturated carbocycles. The third-order valence-electron chi connectivity index (χ3n) is 3.87. The molecule has 0 bridgehead atoms. The van der Waals surface area contributed by atoms with Gasteiger partial charge in [0.2, 0.25) is 0 Å². The van der Waals surface area contributed by atoms with Gasteiger partial charge in [0, 0.05) is 11.1 Å². The number of halogens is 1. The molecule has 1 aliphatic rings. The Hall–Kier alpha value is -2.08. The summed E-state index contributed by atoms with van der Waals surface area (Å²) in [4.78, 5) is 35.2. The number of ketones is 1. The third kappa shape index (κ3) is 5.53. The minimum atomic E-state index is -0.576. The van der Waals surface area contributed by atoms with Gasteiger partial charge in [0.25, 0.3) is 5.91 Å². The van der Waals surface area contributed by atoms with Crippen LogP contribution in [0, 0.1) is 0 Å². The van der Waals surface area contributed by atoms with Crippen molar-refractivity contribution in [3.8, 4) is 5.75 Å². The summed E-state index contributed by atoms with van der Waals surface area (Å²) in [6, 6.07) is 4.17. The molecule has 3 amide bonds. The van der Waals surface area contributed by atoms with Crippen molar-refractivity contribution in [3.05, 3.63) is 28.8 Å². The number of imide groups is 1. The van der Waals surface area contributed by atoms with Gasteiger partial charge in [-0.2, -0.15) is 0 Å². The number of carbonyl (C=O) groups is 3. The SMILES string of the molecule is CC(=O)c1cc(Cl)ccc1OCC(=O)NC(=O)NC1CCCCC1. The first-order valence-corrected chi connectivity index (χ1v) is 8.37. The lowest BCUT2D eigenvalue weighted by atomic mass is 9.96. The average Bonchev–Trinajstić information content (AvgIpc) is 2.54. The Kier molecular flexibility index (Phi) is 6.61. The second-order valence-corrected chi connectivity index (χ2v) is 6.28. The van der Waals surface area contributed by atoms with Crippen LogP contribution >= 0.6 is 11.6 Å². The topological polar surface area (TPSA) is 84.5 Å². The summed E-state index contributed by atoms with van der Waals surface area (Å²) >= 11 is 5.85. The number of nitrogens with one attached hydrogen (secondary N) is 2. The fraction of sp³-hybridized carbons (Fsp3) is 0.471. The van der Waals surface area contributed by atoms with Crippen LogP contribution < -0.4 is 15.4 Å². The van der Waals surface area contributed by atoms with Gasteiger partial charge in [0.1, 0.15) is 5.75 Å². The molecule has 0 saturated heterocycles. The lowest BCUT2D eigenvalue weighted by Gasteiger charge is -2.22. The lowest BCUT2D eigenvalue weighted by Crippen LogP contribution is -2.46. The number of amides is 3. The van der Waals surface area contributed by atoms with Crippen LogP contribution in [0.25, 0.3) is 0 Å². The predicted octanol–water partition coefficient (Wildman–Crippen LogP) is 3.08. The molecule has 0 heterocycles. The van der Waals surface area contributed by atoms with Crippen LogP contribution in [0.15, 0.2) is 18.2 Å². The molecule has 0 radical (unpaired) electrons. The van der Waals surface area contributed by atoms with Crippen LogP contribution in [0.5, 0.6) is 5.75 Å². The second-order valence-electron chi connectivity index (χ2n) is 5.84. The number of rotatable bonds is 5. The van der Waals surface area contributed by atoms with Crippen molar-refractivity contribution < 1.29 is 19.1 Å². The van der Waals surface area contributed by atoms with Crippen molar-refractivity contribution in [1.82, 2.24) is 10.6 Å². The van der Waals surface area contributed by atoms with Crippen molar-refractivity contribution in [1.29, 1.82) is 0 Å². The van der Waals surface area contributed by atoms with Gasteiger partial charge < -0.3 is 10.1 Å². The standard InChI is InChI=1S/C17H21ClN2O4/c1-11(21)14-9-12(18)7-8-15(14)24-10-16(22)20-17(23)19-13-5-3-2-4-6-13/h7-9,13H,2-6,10H2,1H3,(H2,19,20,22,23). The summed E-state index contributed by atoms with van der Waals surface area (Å²) < 4.78 is 5.33. The van der Waals surface area contributed by atoms with E-state index in [1.807, 2.05) is 0 Å². The third-order valence-corrected chi connectivity index (χ3v) is 4.11. The Morgan fingerprint density at radius 3 is 2.58 bits per heavy atom. The Balaban J connectivity index is 1.82. The van der Waals surface area contributed by atoms with E-state index < -0.39 is 11.9 Å². The fourth-order valence-corrected chi connectivity index (χ4v) is 2.85. The maximum atomic E-state index is 11.8. The zero-order valence-electron chi connectivity index (χ0n) is 13.6. The summed E-state index contributed by atoms with van der Waals surface area (Å²) in [6.45, 7) is 1.02. The van der Waals surface area contributed by atoms with Crippen LogP contribution in [0.1, 0.15) is 49.4 Å². The summed E-state index contributed by atoms with van der Waals surface area (Å²) in [6.07, 6.45) is 5.24. The molecule has 0 aromatic heterocycles. The number of Topliss-reactive ketones (excluding diaryl/α,β-unsaturated/α-hetero) is 1. The lowest BCUT2D eigenvalue weighted by molar-refractivity contribution is -0.122. The highest BCUT2D eigenvalue weighted by molar-refractivity contribution is 6.31. The van der Waals surface area contributed by atoms with Gasteiger partial charge in [0.15, 0.2) is 12.4 Å². The second kappa shape index (κ2) is 8.68. The molecule has 6 nitrogen and oxygen atoms in total. The van der Waals surface area contributed by atoms with Gasteiger partial charge in [-0.3, -0.25) is 14.9 Å². The van der Waals surface area contributed by atoms with Gasteiger partial charge >= 0.3 is 6.03 Å². The van der Waals surface area contributed by atoms with E-state index in [-0.39, 0.29) is 24.2 Å². The normalized spacial score (nSPS) is 14.8. The van der Waals surface area contributed by atoms with E-state index in [0.29, 0.717) is 10.6 Å². The molecule has 1 aromatic rings. The van der Waals surface area contributed by atoms with E-state index in [0.717, 1.165) is 25.7 Å². The van der Waals surface area contributed by atoms with E-state index in [1.54, 1.807) is 6.07 Å². The molecule has 0 aliphatic heterocycles. The summed E-state index contributed by atoms with van der Waals surface area (Å²) in [5.41, 5.74) is 0.293. The highest BCUT2D eigenvalue weighted by Crippen LogP contribution is 2.23. The number of ether oxygens (including phenoxy) is 1. The fourth-order valence-electron chi connectivity index (χ4n) is 2.68. The molecular weight excluding hydrogens is 332 g/mol. The van der Waals surface area contributed by atoms with Gasteiger partial charge in [0.05, 0.1) is 5.56 Å². The molecule has 1 aliphatic carbocycles. The number of benzene rings is 1. The molecule has 24 heavy (non-hydrogen) atoms. The minimum Gasteiger partial charge on any atom is -0.483 e. The van der Waals surface area contributed by atoms with E-state index >= 15 is 0 Å². The molecule has 0 unspecified atom stereocenters. The zero-order chi connectivity index (χ0) is 17.5. The van der Waals surface area contributed by atoms with Crippen molar-refractivity contribution in [2.45, 2.75) is 45.1 Å². The predicted molar refractivity (Wildman–Crippen MR) is 90.5 cm³/mol. The number of urea groups is 1. The van der Waals surface area contributed by atoms with Crippen molar-refractivity contribution in [2.75, 3.05) is 6.61 Å². The maximum absolute atomic E-state index is 11.8. The summed E-state index contributed by atoms with van der Waals surface area (Å²) in [5.74, 6) is -0.537. The minimum absolute atomic E-state index is 0.119. The molecule has 2 N–H and O–H groups in total. The molecule has 1 aromatic carbocycles. The van der Waals surface area contributed by atoms with E-state index in [9.17, 15) is 14.4 Å². The van der Waals surface area contributed by atoms with Gasteiger partial charge in [-0.1, -0.05) is 30.9 Å². The zero-order valence-corrected chi connectivity index (χ0v) is 14.3. The van der Waals surface area contributed by atoms with Crippen LogP contribution in [-0.2, 0) is 4.79 Å². The molecule has 130 valence electrons. The summed E-state index contributed by atoms with van der Waals surface area (Å²) in [7, 11) is 0. The van der Waals surface area contributed by atoms with E-state index in [1.165, 1.54) is 25.5 Å². The molecule has 7 heteroatoms. The van der Waals surface area contributed by atoms with Gasteiger partial charge in [-0.25, -0.2) is 4.79 Å². The first kappa shape index (κ1) is 18.3. The Morgan fingerprint density at radius 2 is 1.92 bits per heavy atom. The number of carbonyl (C=O) groups excluding carboxylic acids is 3. The molecular formula is C17H21ClN2O4. The number of hydrogen-bond donors (Lipinski definition) is 2.